The van der Waals surface area contributed by atoms with E-state index in [1.54, 1.807) is 31.2 Å². The molecule has 0 amide bonds. The lowest BCUT2D eigenvalue weighted by molar-refractivity contribution is -0.132. The number of ether oxygens (including phenoxy) is 1. The maximum absolute atomic E-state index is 13.4. The third-order valence-corrected chi connectivity index (χ3v) is 17.0. The first-order valence-electron chi connectivity index (χ1n) is 13.7. The lowest BCUT2D eigenvalue weighted by Crippen LogP contribution is -2.47. The number of carbonyl (C=O) groups is 2. The standard InChI is InChI=1S/C31H52O5Si2/c1-23(18-17-21-34-37(10,11)30(4,5)6)22-27(36-38(12,13)31(7,8)9)24(2)28(32)25(3)35-29(33)26-19-15-14-16-20-26/h14-20,22,24-25,27H,21H2,1-13H3/b18-17+,23-22+/t24-,25+,27-/m1/s1. The first-order chi connectivity index (χ1) is 17.2. The van der Waals surface area contributed by atoms with Crippen LogP contribution in [0.15, 0.2) is 54.1 Å². The Balaban J connectivity index is 3.10. The second-order valence-corrected chi connectivity index (χ2v) is 22.9. The van der Waals surface area contributed by atoms with Crippen LogP contribution < -0.4 is 0 Å². The van der Waals surface area contributed by atoms with E-state index in [9.17, 15) is 9.59 Å². The van der Waals surface area contributed by atoms with E-state index in [-0.39, 0.29) is 15.9 Å². The molecule has 1 rings (SSSR count). The molecule has 0 fully saturated rings. The molecular formula is C31H52O5Si2. The van der Waals surface area contributed by atoms with Crippen molar-refractivity contribution in [3.8, 4) is 0 Å². The molecule has 7 heteroatoms. The Morgan fingerprint density at radius 1 is 0.895 bits per heavy atom. The van der Waals surface area contributed by atoms with Crippen LogP contribution in [0.3, 0.4) is 0 Å². The first kappa shape index (κ1) is 34.2. The molecule has 3 atom stereocenters. The molecule has 214 valence electrons. The van der Waals surface area contributed by atoms with Crippen LogP contribution in [-0.4, -0.2) is 47.2 Å². The highest BCUT2D eigenvalue weighted by atomic mass is 28.4. The molecule has 38 heavy (non-hydrogen) atoms. The fourth-order valence-corrected chi connectivity index (χ4v) is 5.46. The number of Topliss-reactive ketones (excluding diaryl/α,β-unsaturated/α-hetero) is 1. The lowest BCUT2D eigenvalue weighted by atomic mass is 9.95. The van der Waals surface area contributed by atoms with Gasteiger partial charge < -0.3 is 13.6 Å². The molecule has 0 saturated heterocycles. The van der Waals surface area contributed by atoms with Crippen molar-refractivity contribution in [2.24, 2.45) is 5.92 Å². The van der Waals surface area contributed by atoms with Gasteiger partial charge in [-0.25, -0.2) is 4.79 Å². The molecule has 0 bridgehead atoms. The third-order valence-electron chi connectivity index (χ3n) is 8.03. The van der Waals surface area contributed by atoms with Crippen molar-refractivity contribution < 1.29 is 23.2 Å². The zero-order valence-electron chi connectivity index (χ0n) is 26.1. The van der Waals surface area contributed by atoms with Crippen molar-refractivity contribution in [2.75, 3.05) is 6.61 Å². The largest absolute Gasteiger partial charge is 0.451 e. The van der Waals surface area contributed by atoms with Gasteiger partial charge in [-0.05, 0) is 62.2 Å². The maximum atomic E-state index is 13.4. The van der Waals surface area contributed by atoms with Gasteiger partial charge in [0.1, 0.15) is 0 Å². The van der Waals surface area contributed by atoms with E-state index in [1.807, 2.05) is 38.1 Å². The smallest absolute Gasteiger partial charge is 0.338 e. The summed E-state index contributed by atoms with van der Waals surface area (Å²) in [5, 5.41) is 0.137. The summed E-state index contributed by atoms with van der Waals surface area (Å²) in [7, 11) is -4.02. The van der Waals surface area contributed by atoms with Crippen molar-refractivity contribution >= 4 is 28.4 Å². The van der Waals surface area contributed by atoms with E-state index >= 15 is 0 Å². The maximum Gasteiger partial charge on any atom is 0.338 e. The van der Waals surface area contributed by atoms with Crippen LogP contribution in [0.25, 0.3) is 0 Å². The zero-order chi connectivity index (χ0) is 29.5. The molecule has 0 aliphatic carbocycles. The van der Waals surface area contributed by atoms with Crippen LogP contribution in [0.5, 0.6) is 0 Å². The van der Waals surface area contributed by atoms with Gasteiger partial charge in [0.15, 0.2) is 28.5 Å². The summed E-state index contributed by atoms with van der Waals surface area (Å²) in [6.45, 7) is 28.1. The summed E-state index contributed by atoms with van der Waals surface area (Å²) < 4.78 is 18.5. The second-order valence-electron chi connectivity index (χ2n) is 13.3. The van der Waals surface area contributed by atoms with Gasteiger partial charge in [-0.15, -0.1) is 0 Å². The minimum absolute atomic E-state index is 0.0198. The number of ketones is 1. The minimum Gasteiger partial charge on any atom is -0.451 e. The van der Waals surface area contributed by atoms with Gasteiger partial charge in [-0.1, -0.05) is 90.5 Å². The molecule has 0 heterocycles. The van der Waals surface area contributed by atoms with Crippen LogP contribution >= 0.6 is 0 Å². The van der Waals surface area contributed by atoms with Crippen LogP contribution in [0.4, 0.5) is 0 Å². The van der Waals surface area contributed by atoms with Crippen LogP contribution in [0.2, 0.25) is 36.3 Å². The van der Waals surface area contributed by atoms with Crippen LogP contribution in [0, 0.1) is 5.92 Å². The molecular weight excluding hydrogens is 509 g/mol. The fraction of sp³-hybridized carbons (Fsp3) is 0.613. The molecule has 0 aliphatic heterocycles. The molecule has 1 aromatic carbocycles. The highest BCUT2D eigenvalue weighted by molar-refractivity contribution is 6.74. The number of allylic oxidation sites excluding steroid dienone is 2. The molecule has 5 nitrogen and oxygen atoms in total. The monoisotopic (exact) mass is 560 g/mol. The summed E-state index contributed by atoms with van der Waals surface area (Å²) in [6, 6.07) is 8.73. The van der Waals surface area contributed by atoms with E-state index in [0.717, 1.165) is 5.57 Å². The zero-order valence-corrected chi connectivity index (χ0v) is 28.1. The molecule has 0 spiro atoms. The molecule has 1 aromatic rings. The Morgan fingerprint density at radius 3 is 1.92 bits per heavy atom. The van der Waals surface area contributed by atoms with Crippen molar-refractivity contribution in [1.29, 1.82) is 0 Å². The highest BCUT2D eigenvalue weighted by Crippen LogP contribution is 2.39. The molecule has 0 unspecified atom stereocenters. The quantitative estimate of drug-likeness (QED) is 0.146. The van der Waals surface area contributed by atoms with Gasteiger partial charge >= 0.3 is 5.97 Å². The second kappa shape index (κ2) is 13.5. The Bertz CT molecular complexity index is 982. The Hall–Kier alpha value is -1.81. The van der Waals surface area contributed by atoms with Gasteiger partial charge in [-0.2, -0.15) is 0 Å². The Morgan fingerprint density at radius 2 is 1.42 bits per heavy atom. The summed E-state index contributed by atoms with van der Waals surface area (Å²) >= 11 is 0. The van der Waals surface area contributed by atoms with Crippen molar-refractivity contribution in [2.45, 2.75) is 111 Å². The topological polar surface area (TPSA) is 61.8 Å². The number of esters is 1. The normalized spacial score (nSPS) is 16.3. The fourth-order valence-electron chi connectivity index (χ4n) is 3.21. The molecule has 0 aliphatic rings. The van der Waals surface area contributed by atoms with E-state index in [2.05, 4.69) is 67.7 Å². The van der Waals surface area contributed by atoms with E-state index < -0.39 is 40.7 Å². The molecule has 0 aromatic heterocycles. The summed E-state index contributed by atoms with van der Waals surface area (Å²) in [4.78, 5) is 26.0. The van der Waals surface area contributed by atoms with Gasteiger partial charge in [0.25, 0.3) is 0 Å². The summed E-state index contributed by atoms with van der Waals surface area (Å²) in [5.74, 6) is -1.15. The predicted octanol–water partition coefficient (Wildman–Crippen LogP) is 8.35. The van der Waals surface area contributed by atoms with Crippen molar-refractivity contribution in [1.82, 2.24) is 0 Å². The molecule has 0 radical (unpaired) electrons. The van der Waals surface area contributed by atoms with Crippen LogP contribution in [0.1, 0.15) is 72.7 Å². The van der Waals surface area contributed by atoms with Crippen molar-refractivity contribution in [3.05, 3.63) is 59.7 Å². The van der Waals surface area contributed by atoms with Crippen molar-refractivity contribution in [3.63, 3.8) is 0 Å². The van der Waals surface area contributed by atoms with E-state index in [4.69, 9.17) is 13.6 Å². The SMILES string of the molecule is CC(/C=C/CO[Si](C)(C)C(C)(C)C)=C\[C@@H](O[Si](C)(C)C(C)(C)C)[C@@H](C)C(=O)[C@H](C)OC(=O)c1ccccc1. The van der Waals surface area contributed by atoms with E-state index in [1.165, 1.54) is 0 Å². The number of benzene rings is 1. The minimum atomic E-state index is -2.19. The Kier molecular flexibility index (Phi) is 12.2. The van der Waals surface area contributed by atoms with E-state index in [0.29, 0.717) is 12.2 Å². The third kappa shape index (κ3) is 10.1. The predicted molar refractivity (Wildman–Crippen MR) is 164 cm³/mol. The van der Waals surface area contributed by atoms with Crippen LogP contribution in [-0.2, 0) is 18.4 Å². The molecule has 0 N–H and O–H groups in total. The molecule has 0 saturated carbocycles. The number of hydrogen-bond donors (Lipinski definition) is 0. The summed E-state index contributed by atoms with van der Waals surface area (Å²) in [6.07, 6.45) is 4.77. The average Bonchev–Trinajstić information content (AvgIpc) is 2.79. The number of hydrogen-bond acceptors (Lipinski definition) is 5. The lowest BCUT2D eigenvalue weighted by Gasteiger charge is -2.40. The van der Waals surface area contributed by atoms with Gasteiger partial charge in [0, 0.05) is 5.92 Å². The first-order valence-corrected chi connectivity index (χ1v) is 19.5. The number of rotatable bonds is 12. The van der Waals surface area contributed by atoms with Gasteiger partial charge in [0.2, 0.25) is 0 Å². The van der Waals surface area contributed by atoms with Gasteiger partial charge in [-0.3, -0.25) is 4.79 Å². The average molecular weight is 561 g/mol. The Labute approximate surface area is 234 Å². The summed E-state index contributed by atoms with van der Waals surface area (Å²) in [5.41, 5.74) is 1.43. The van der Waals surface area contributed by atoms with Gasteiger partial charge in [0.05, 0.1) is 18.3 Å². The highest BCUT2D eigenvalue weighted by Gasteiger charge is 2.41. The number of carbonyl (C=O) groups excluding carboxylic acids is 2.